The van der Waals surface area contributed by atoms with Crippen LogP contribution >= 0.6 is 22.6 Å². The molecule has 1 rings (SSSR count). The molecule has 0 saturated carbocycles. The molecular weight excluding hydrogens is 295 g/mol. The zero-order chi connectivity index (χ0) is 10.7. The van der Waals surface area contributed by atoms with Crippen LogP contribution in [-0.4, -0.2) is 16.2 Å². The molecule has 1 aromatic rings. The second kappa shape index (κ2) is 4.63. The van der Waals surface area contributed by atoms with E-state index in [2.05, 4.69) is 0 Å². The third-order valence-electron chi connectivity index (χ3n) is 1.94. The molecule has 14 heavy (non-hydrogen) atoms. The number of phenols is 1. The smallest absolute Gasteiger partial charge is 0.303 e. The largest absolute Gasteiger partial charge is 0.507 e. The van der Waals surface area contributed by atoms with Crippen LogP contribution in [0.1, 0.15) is 17.5 Å². The van der Waals surface area contributed by atoms with Crippen LogP contribution in [0.15, 0.2) is 12.1 Å². The predicted octanol–water partition coefficient (Wildman–Crippen LogP) is 2.32. The molecule has 0 fully saturated rings. The lowest BCUT2D eigenvalue weighted by molar-refractivity contribution is -0.136. The first-order valence-corrected chi connectivity index (χ1v) is 5.28. The Bertz CT molecular complexity index is 337. The van der Waals surface area contributed by atoms with E-state index in [1.165, 1.54) is 0 Å². The van der Waals surface area contributed by atoms with E-state index in [-0.39, 0.29) is 12.2 Å². The zero-order valence-corrected chi connectivity index (χ0v) is 9.91. The van der Waals surface area contributed by atoms with E-state index in [4.69, 9.17) is 5.11 Å². The number of aryl methyl sites for hydroxylation is 2. The monoisotopic (exact) mass is 306 g/mol. The summed E-state index contributed by atoms with van der Waals surface area (Å²) in [7, 11) is 0. The van der Waals surface area contributed by atoms with Crippen molar-refractivity contribution in [1.82, 2.24) is 0 Å². The molecule has 76 valence electrons. The van der Waals surface area contributed by atoms with Gasteiger partial charge >= 0.3 is 5.97 Å². The summed E-state index contributed by atoms with van der Waals surface area (Å²) in [6.45, 7) is 1.81. The predicted molar refractivity (Wildman–Crippen MR) is 61.5 cm³/mol. The lowest BCUT2D eigenvalue weighted by atomic mass is 10.1. The summed E-state index contributed by atoms with van der Waals surface area (Å²) >= 11 is 2.04. The third kappa shape index (κ3) is 2.87. The van der Waals surface area contributed by atoms with Gasteiger partial charge in [-0.2, -0.15) is 0 Å². The van der Waals surface area contributed by atoms with E-state index in [1.54, 1.807) is 0 Å². The van der Waals surface area contributed by atoms with Crippen molar-refractivity contribution in [3.8, 4) is 5.75 Å². The van der Waals surface area contributed by atoms with Crippen LogP contribution in [0.5, 0.6) is 5.75 Å². The lowest BCUT2D eigenvalue weighted by Gasteiger charge is -2.05. The highest BCUT2D eigenvalue weighted by atomic mass is 127. The first-order chi connectivity index (χ1) is 6.50. The van der Waals surface area contributed by atoms with Gasteiger partial charge in [0.15, 0.2) is 0 Å². The molecule has 0 radical (unpaired) electrons. The summed E-state index contributed by atoms with van der Waals surface area (Å²) < 4.78 is 0.767. The highest BCUT2D eigenvalue weighted by molar-refractivity contribution is 14.1. The van der Waals surface area contributed by atoms with Crippen molar-refractivity contribution < 1.29 is 15.0 Å². The number of halogens is 1. The van der Waals surface area contributed by atoms with Crippen molar-refractivity contribution in [2.45, 2.75) is 19.8 Å². The summed E-state index contributed by atoms with van der Waals surface area (Å²) in [6.07, 6.45) is 0.632. The van der Waals surface area contributed by atoms with Crippen LogP contribution < -0.4 is 0 Å². The highest BCUT2D eigenvalue weighted by Crippen LogP contribution is 2.25. The molecule has 4 heteroatoms. The SMILES string of the molecule is Cc1cc(CCC(=O)O)cc(I)c1O. The molecule has 3 nitrogen and oxygen atoms in total. The van der Waals surface area contributed by atoms with Gasteiger partial charge in [0, 0.05) is 6.42 Å². The fraction of sp³-hybridized carbons (Fsp3) is 0.300. The van der Waals surface area contributed by atoms with Crippen molar-refractivity contribution in [1.29, 1.82) is 0 Å². The van der Waals surface area contributed by atoms with E-state index in [0.717, 1.165) is 14.7 Å². The van der Waals surface area contributed by atoms with Gasteiger partial charge in [0.2, 0.25) is 0 Å². The second-order valence-corrected chi connectivity index (χ2v) is 4.30. The highest BCUT2D eigenvalue weighted by Gasteiger charge is 2.05. The number of hydrogen-bond acceptors (Lipinski definition) is 2. The Kier molecular flexibility index (Phi) is 3.74. The summed E-state index contributed by atoms with van der Waals surface area (Å²) in [5, 5.41) is 18.0. The number of hydrogen-bond donors (Lipinski definition) is 2. The van der Waals surface area contributed by atoms with Gasteiger partial charge in [-0.3, -0.25) is 4.79 Å². The van der Waals surface area contributed by atoms with E-state index in [0.29, 0.717) is 6.42 Å². The fourth-order valence-corrected chi connectivity index (χ4v) is 2.03. The average Bonchev–Trinajstić information content (AvgIpc) is 2.10. The van der Waals surface area contributed by atoms with Gasteiger partial charge in [0.05, 0.1) is 3.57 Å². The molecule has 0 aromatic heterocycles. The van der Waals surface area contributed by atoms with Gasteiger partial charge in [0.1, 0.15) is 5.75 Å². The number of aromatic hydroxyl groups is 1. The maximum atomic E-state index is 10.4. The minimum absolute atomic E-state index is 0.125. The molecule has 1 aromatic carbocycles. The average molecular weight is 306 g/mol. The summed E-state index contributed by atoms with van der Waals surface area (Å²) in [6, 6.07) is 3.63. The lowest BCUT2D eigenvalue weighted by Crippen LogP contribution is -1.98. The normalized spacial score (nSPS) is 10.1. The number of benzene rings is 1. The van der Waals surface area contributed by atoms with Gasteiger partial charge < -0.3 is 10.2 Å². The Morgan fingerprint density at radius 2 is 2.14 bits per heavy atom. The summed E-state index contributed by atoms with van der Waals surface area (Å²) in [4.78, 5) is 10.4. The molecule has 0 heterocycles. The number of carboxylic acids is 1. The van der Waals surface area contributed by atoms with E-state index in [9.17, 15) is 9.90 Å². The van der Waals surface area contributed by atoms with Crippen LogP contribution in [-0.2, 0) is 11.2 Å². The van der Waals surface area contributed by atoms with Crippen molar-refractivity contribution >= 4 is 28.6 Å². The Hall–Kier alpha value is -0.780. The maximum absolute atomic E-state index is 10.4. The third-order valence-corrected chi connectivity index (χ3v) is 2.76. The topological polar surface area (TPSA) is 57.5 Å². The molecule has 0 bridgehead atoms. The van der Waals surface area contributed by atoms with Gasteiger partial charge in [0.25, 0.3) is 0 Å². The molecular formula is C10H11IO3. The molecule has 0 aliphatic rings. The van der Waals surface area contributed by atoms with Crippen LogP contribution in [0.4, 0.5) is 0 Å². The molecule has 0 aliphatic heterocycles. The molecule has 0 atom stereocenters. The minimum atomic E-state index is -0.800. The first-order valence-electron chi connectivity index (χ1n) is 4.20. The molecule has 0 saturated heterocycles. The van der Waals surface area contributed by atoms with Crippen LogP contribution in [0.25, 0.3) is 0 Å². The van der Waals surface area contributed by atoms with Gasteiger partial charge in [-0.1, -0.05) is 6.07 Å². The van der Waals surface area contributed by atoms with Crippen LogP contribution in [0.3, 0.4) is 0 Å². The van der Waals surface area contributed by atoms with Crippen molar-refractivity contribution in [2.24, 2.45) is 0 Å². The van der Waals surface area contributed by atoms with Crippen molar-refractivity contribution in [3.05, 3.63) is 26.8 Å². The molecule has 0 aliphatic carbocycles. The van der Waals surface area contributed by atoms with E-state index >= 15 is 0 Å². The van der Waals surface area contributed by atoms with Gasteiger partial charge in [-0.25, -0.2) is 0 Å². The van der Waals surface area contributed by atoms with Crippen molar-refractivity contribution in [3.63, 3.8) is 0 Å². The van der Waals surface area contributed by atoms with Crippen molar-refractivity contribution in [2.75, 3.05) is 0 Å². The molecule has 0 amide bonds. The number of rotatable bonds is 3. The first kappa shape index (κ1) is 11.3. The Morgan fingerprint density at radius 3 is 2.64 bits per heavy atom. The number of carboxylic acid groups (broad SMARTS) is 1. The van der Waals surface area contributed by atoms with E-state index < -0.39 is 5.97 Å². The minimum Gasteiger partial charge on any atom is -0.507 e. The Morgan fingerprint density at radius 1 is 1.50 bits per heavy atom. The fourth-order valence-electron chi connectivity index (χ4n) is 1.20. The summed E-state index contributed by atoms with van der Waals surface area (Å²) in [5.41, 5.74) is 1.74. The Balaban J connectivity index is 2.84. The van der Waals surface area contributed by atoms with E-state index in [1.807, 2.05) is 41.6 Å². The maximum Gasteiger partial charge on any atom is 0.303 e. The number of aliphatic carboxylic acids is 1. The molecule has 2 N–H and O–H groups in total. The second-order valence-electron chi connectivity index (χ2n) is 3.14. The molecule has 0 spiro atoms. The Labute approximate surface area is 95.9 Å². The standard InChI is InChI=1S/C10H11IO3/c1-6-4-7(2-3-9(12)13)5-8(11)10(6)14/h4-5,14H,2-3H2,1H3,(H,12,13). The number of carbonyl (C=O) groups is 1. The van der Waals surface area contributed by atoms with Gasteiger partial charge in [-0.15, -0.1) is 0 Å². The van der Waals surface area contributed by atoms with Crippen LogP contribution in [0, 0.1) is 10.5 Å². The van der Waals surface area contributed by atoms with Gasteiger partial charge in [-0.05, 0) is 53.1 Å². The zero-order valence-electron chi connectivity index (χ0n) is 7.75. The van der Waals surface area contributed by atoms with Crippen LogP contribution in [0.2, 0.25) is 0 Å². The summed E-state index contributed by atoms with van der Waals surface area (Å²) in [5.74, 6) is -0.518. The molecule has 0 unspecified atom stereocenters. The number of phenolic OH excluding ortho intramolecular Hbond substituents is 1. The quantitative estimate of drug-likeness (QED) is 0.843.